The maximum Gasteiger partial charge on any atom is 0.337 e. The zero-order valence-corrected chi connectivity index (χ0v) is 18.6. The summed E-state index contributed by atoms with van der Waals surface area (Å²) in [4.78, 5) is 26.2. The van der Waals surface area contributed by atoms with Crippen LogP contribution in [0.15, 0.2) is 77.1 Å². The Morgan fingerprint density at radius 3 is 2.28 bits per heavy atom. The number of ether oxygens (including phenoxy) is 2. The van der Waals surface area contributed by atoms with Crippen molar-refractivity contribution in [1.29, 1.82) is 5.26 Å². The van der Waals surface area contributed by atoms with Crippen molar-refractivity contribution in [1.82, 2.24) is 5.32 Å². The van der Waals surface area contributed by atoms with Crippen LogP contribution in [0.1, 0.15) is 37.3 Å². The van der Waals surface area contributed by atoms with Crippen LogP contribution in [-0.4, -0.2) is 18.5 Å². The van der Waals surface area contributed by atoms with Crippen molar-refractivity contribution >= 4 is 23.5 Å². The number of hydrogen-bond donors (Lipinski definition) is 1. The minimum Gasteiger partial charge on any atom is -0.461 e. The van der Waals surface area contributed by atoms with E-state index in [0.717, 1.165) is 5.56 Å². The van der Waals surface area contributed by atoms with Crippen LogP contribution in [0.4, 0.5) is 0 Å². The fraction of sp³-hybridized carbons (Fsp3) is 0.240. The van der Waals surface area contributed by atoms with E-state index in [4.69, 9.17) is 26.3 Å². The highest BCUT2D eigenvalue weighted by atomic mass is 35.5. The Morgan fingerprint density at radius 1 is 1.00 bits per heavy atom. The van der Waals surface area contributed by atoms with Gasteiger partial charge in [-0.2, -0.15) is 5.26 Å². The van der Waals surface area contributed by atoms with Crippen molar-refractivity contribution in [2.45, 2.75) is 32.8 Å². The maximum absolute atomic E-state index is 13.2. The van der Waals surface area contributed by atoms with Gasteiger partial charge in [-0.25, -0.2) is 9.59 Å². The Hall–Kier alpha value is -3.56. The van der Waals surface area contributed by atoms with Gasteiger partial charge in [0.15, 0.2) is 0 Å². The summed E-state index contributed by atoms with van der Waals surface area (Å²) in [5.74, 6) is -1.87. The van der Waals surface area contributed by atoms with E-state index >= 15 is 0 Å². The lowest BCUT2D eigenvalue weighted by molar-refractivity contribution is -0.141. The molecule has 1 heterocycles. The van der Waals surface area contributed by atoms with Crippen molar-refractivity contribution in [2.24, 2.45) is 0 Å². The predicted molar refractivity (Wildman–Crippen MR) is 120 cm³/mol. The zero-order valence-electron chi connectivity index (χ0n) is 17.9. The second-order valence-corrected chi connectivity index (χ2v) is 7.73. The lowest BCUT2D eigenvalue weighted by Gasteiger charge is -2.30. The molecule has 1 aliphatic heterocycles. The molecule has 0 bridgehead atoms. The Morgan fingerprint density at radius 2 is 1.66 bits per heavy atom. The first-order valence-corrected chi connectivity index (χ1v) is 10.5. The van der Waals surface area contributed by atoms with E-state index in [0.29, 0.717) is 27.6 Å². The summed E-state index contributed by atoms with van der Waals surface area (Å²) in [6.07, 6.45) is 0.0775. The number of benzene rings is 2. The molecule has 0 aromatic heterocycles. The Bertz CT molecular complexity index is 1120. The van der Waals surface area contributed by atoms with Crippen LogP contribution in [-0.2, 0) is 25.7 Å². The maximum atomic E-state index is 13.2. The van der Waals surface area contributed by atoms with E-state index in [1.54, 1.807) is 38.1 Å². The van der Waals surface area contributed by atoms with Crippen molar-refractivity contribution in [3.8, 4) is 6.07 Å². The number of dihydropyridines is 1. The van der Waals surface area contributed by atoms with E-state index in [1.165, 1.54) is 0 Å². The molecule has 164 valence electrons. The van der Waals surface area contributed by atoms with Crippen LogP contribution >= 0.6 is 11.6 Å². The number of allylic oxidation sites excluding steroid dienone is 2. The van der Waals surface area contributed by atoms with Gasteiger partial charge in [-0.3, -0.25) is 0 Å². The molecule has 1 unspecified atom stereocenters. The summed E-state index contributed by atoms with van der Waals surface area (Å²) in [6, 6.07) is 18.3. The third-order valence-electron chi connectivity index (χ3n) is 5.04. The molecule has 1 aliphatic rings. The first kappa shape index (κ1) is 23.1. The van der Waals surface area contributed by atoms with Gasteiger partial charge in [-0.1, -0.05) is 54.1 Å². The molecular formula is C25H23ClN2O4. The fourth-order valence-electron chi connectivity index (χ4n) is 3.62. The number of nitrogens with one attached hydrogen (secondary N) is 1. The molecule has 0 radical (unpaired) electrons. The highest BCUT2D eigenvalue weighted by Gasteiger charge is 2.38. The lowest BCUT2D eigenvalue weighted by atomic mass is 9.80. The van der Waals surface area contributed by atoms with Gasteiger partial charge in [-0.15, -0.1) is 0 Å². The molecule has 0 saturated heterocycles. The highest BCUT2D eigenvalue weighted by Crippen LogP contribution is 2.40. The first-order valence-electron chi connectivity index (χ1n) is 10.1. The number of halogens is 1. The average molecular weight is 451 g/mol. The van der Waals surface area contributed by atoms with E-state index in [2.05, 4.69) is 5.32 Å². The molecule has 3 rings (SSSR count). The van der Waals surface area contributed by atoms with Crippen molar-refractivity contribution in [3.63, 3.8) is 0 Å². The molecule has 0 aliphatic carbocycles. The van der Waals surface area contributed by atoms with Gasteiger partial charge in [0, 0.05) is 16.4 Å². The lowest BCUT2D eigenvalue weighted by Crippen LogP contribution is -2.32. The standard InChI is InChI=1S/C25H23ClN2O4/c1-16-21(24(29)31-13-7-12-27)23(19-10-6-11-20(26)14-19)22(17(2)28-16)25(30)32-15-18-8-4-3-5-9-18/h3-6,8-11,14,23,28H,7,13,15H2,1-2H3. The van der Waals surface area contributed by atoms with Gasteiger partial charge in [0.2, 0.25) is 0 Å². The molecule has 6 nitrogen and oxygen atoms in total. The predicted octanol–water partition coefficient (Wildman–Crippen LogP) is 4.78. The molecule has 2 aromatic carbocycles. The summed E-state index contributed by atoms with van der Waals surface area (Å²) in [6.45, 7) is 3.57. The third-order valence-corrected chi connectivity index (χ3v) is 5.28. The summed E-state index contributed by atoms with van der Waals surface area (Å²) in [7, 11) is 0. The van der Waals surface area contributed by atoms with Crippen LogP contribution in [0, 0.1) is 11.3 Å². The summed E-state index contributed by atoms with van der Waals surface area (Å²) in [5.41, 5.74) is 3.25. The molecule has 0 spiro atoms. The normalized spacial score (nSPS) is 15.6. The third kappa shape index (κ3) is 5.37. The van der Waals surface area contributed by atoms with Crippen molar-refractivity contribution in [2.75, 3.05) is 6.61 Å². The number of esters is 2. The van der Waals surface area contributed by atoms with Gasteiger partial charge >= 0.3 is 11.9 Å². The Kier molecular flexibility index (Phi) is 7.69. The quantitative estimate of drug-likeness (QED) is 0.482. The number of carbonyl (C=O) groups excluding carboxylic acids is 2. The van der Waals surface area contributed by atoms with Gasteiger partial charge in [0.1, 0.15) is 13.2 Å². The second kappa shape index (κ2) is 10.7. The average Bonchev–Trinajstić information content (AvgIpc) is 2.77. The van der Waals surface area contributed by atoms with Crippen LogP contribution in [0.25, 0.3) is 0 Å². The molecule has 1 N–H and O–H groups in total. The van der Waals surface area contributed by atoms with Crippen molar-refractivity contribution in [3.05, 3.63) is 93.3 Å². The Balaban J connectivity index is 1.98. The largest absolute Gasteiger partial charge is 0.461 e. The topological polar surface area (TPSA) is 88.4 Å². The number of nitrogens with zero attached hydrogens (tertiary/aromatic N) is 1. The minimum absolute atomic E-state index is 0.0368. The van der Waals surface area contributed by atoms with Gasteiger partial charge in [0.25, 0.3) is 0 Å². The van der Waals surface area contributed by atoms with Gasteiger partial charge in [-0.05, 0) is 37.1 Å². The molecule has 0 amide bonds. The molecule has 0 saturated carbocycles. The zero-order chi connectivity index (χ0) is 23.1. The number of hydrogen-bond acceptors (Lipinski definition) is 6. The van der Waals surface area contributed by atoms with E-state index in [-0.39, 0.29) is 25.2 Å². The van der Waals surface area contributed by atoms with E-state index < -0.39 is 17.9 Å². The summed E-state index contributed by atoms with van der Waals surface area (Å²) in [5, 5.41) is 12.3. The molecule has 1 atom stereocenters. The molecule has 0 fully saturated rings. The van der Waals surface area contributed by atoms with Crippen molar-refractivity contribution < 1.29 is 19.1 Å². The molecular weight excluding hydrogens is 428 g/mol. The Labute approximate surface area is 192 Å². The van der Waals surface area contributed by atoms with Crippen LogP contribution < -0.4 is 5.32 Å². The molecule has 2 aromatic rings. The smallest absolute Gasteiger partial charge is 0.337 e. The van der Waals surface area contributed by atoms with E-state index in [1.807, 2.05) is 36.4 Å². The molecule has 32 heavy (non-hydrogen) atoms. The summed E-state index contributed by atoms with van der Waals surface area (Å²) < 4.78 is 10.9. The van der Waals surface area contributed by atoms with E-state index in [9.17, 15) is 9.59 Å². The van der Waals surface area contributed by atoms with Gasteiger partial charge < -0.3 is 14.8 Å². The van der Waals surface area contributed by atoms with Crippen LogP contribution in [0.3, 0.4) is 0 Å². The fourth-order valence-corrected chi connectivity index (χ4v) is 3.82. The van der Waals surface area contributed by atoms with Crippen LogP contribution in [0.5, 0.6) is 0 Å². The number of nitriles is 1. The number of carbonyl (C=O) groups is 2. The SMILES string of the molecule is CC1=C(C(=O)OCCC#N)C(c2cccc(Cl)c2)C(C(=O)OCc2ccccc2)=C(C)N1. The highest BCUT2D eigenvalue weighted by molar-refractivity contribution is 6.30. The summed E-state index contributed by atoms with van der Waals surface area (Å²) >= 11 is 6.22. The second-order valence-electron chi connectivity index (χ2n) is 7.30. The monoisotopic (exact) mass is 450 g/mol. The van der Waals surface area contributed by atoms with Crippen LogP contribution in [0.2, 0.25) is 5.02 Å². The van der Waals surface area contributed by atoms with Gasteiger partial charge in [0.05, 0.1) is 29.6 Å². The first-order chi connectivity index (χ1) is 15.4. The number of rotatable bonds is 7. The minimum atomic E-state index is -0.729. The molecule has 7 heteroatoms.